The molecule has 1 aliphatic rings. The van der Waals surface area contributed by atoms with Crippen molar-refractivity contribution >= 4 is 15.9 Å². The molecule has 0 radical (unpaired) electrons. The Morgan fingerprint density at radius 2 is 1.68 bits per heavy atom. The molecule has 0 atom stereocenters. The van der Waals surface area contributed by atoms with Crippen LogP contribution in [0.2, 0.25) is 0 Å². The van der Waals surface area contributed by atoms with Gasteiger partial charge in [0.1, 0.15) is 11.5 Å². The number of hydrogen-bond acceptors (Lipinski definition) is 5. The van der Waals surface area contributed by atoms with Crippen molar-refractivity contribution < 1.29 is 22.7 Å². The van der Waals surface area contributed by atoms with Crippen LogP contribution in [0.1, 0.15) is 19.8 Å². The largest absolute Gasteiger partial charge is 0.497 e. The summed E-state index contributed by atoms with van der Waals surface area (Å²) in [4.78, 5) is 13.9. The molecule has 1 heterocycles. The van der Waals surface area contributed by atoms with E-state index in [1.807, 2.05) is 6.92 Å². The Labute approximate surface area is 149 Å². The fourth-order valence-corrected chi connectivity index (χ4v) is 4.21. The number of ether oxygens (including phenoxy) is 2. The summed E-state index contributed by atoms with van der Waals surface area (Å²) < 4.78 is 36.4. The van der Waals surface area contributed by atoms with E-state index in [9.17, 15) is 13.2 Å². The number of methoxy groups -OCH3 is 1. The summed E-state index contributed by atoms with van der Waals surface area (Å²) in [5, 5.41) is 0. The number of carbonyl (C=O) groups is 1. The highest BCUT2D eigenvalue weighted by atomic mass is 32.2. The maximum Gasteiger partial charge on any atom is 0.260 e. The molecular formula is C17H26N2O5S. The van der Waals surface area contributed by atoms with Gasteiger partial charge in [0.25, 0.3) is 5.91 Å². The lowest BCUT2D eigenvalue weighted by atomic mass is 10.3. The van der Waals surface area contributed by atoms with Crippen LogP contribution in [0.3, 0.4) is 0 Å². The Hall–Kier alpha value is -1.80. The first-order valence-electron chi connectivity index (χ1n) is 8.48. The predicted molar refractivity (Wildman–Crippen MR) is 95.3 cm³/mol. The van der Waals surface area contributed by atoms with Crippen molar-refractivity contribution in [3.8, 4) is 11.5 Å². The smallest absolute Gasteiger partial charge is 0.260 e. The van der Waals surface area contributed by atoms with Crippen LogP contribution in [-0.4, -0.2) is 69.2 Å². The number of benzene rings is 1. The van der Waals surface area contributed by atoms with Crippen LogP contribution in [0.15, 0.2) is 24.3 Å². The van der Waals surface area contributed by atoms with E-state index in [4.69, 9.17) is 9.47 Å². The van der Waals surface area contributed by atoms with Crippen LogP contribution in [0.4, 0.5) is 0 Å². The van der Waals surface area contributed by atoms with E-state index in [0.717, 1.165) is 12.2 Å². The molecule has 7 nitrogen and oxygen atoms in total. The van der Waals surface area contributed by atoms with Gasteiger partial charge in [0.05, 0.1) is 12.9 Å². The number of nitrogens with zero attached hydrogens (tertiary/aromatic N) is 2. The molecule has 1 aliphatic heterocycles. The molecule has 0 unspecified atom stereocenters. The quantitative estimate of drug-likeness (QED) is 0.690. The van der Waals surface area contributed by atoms with Crippen molar-refractivity contribution in [3.05, 3.63) is 24.3 Å². The Bertz CT molecular complexity index is 652. The molecule has 0 aliphatic carbocycles. The van der Waals surface area contributed by atoms with Crippen molar-refractivity contribution in [2.75, 3.05) is 45.6 Å². The third-order valence-electron chi connectivity index (χ3n) is 4.16. The van der Waals surface area contributed by atoms with Gasteiger partial charge in [-0.05, 0) is 30.7 Å². The fraction of sp³-hybridized carbons (Fsp3) is 0.588. The van der Waals surface area contributed by atoms with Gasteiger partial charge in [-0.3, -0.25) is 4.79 Å². The number of sulfonamides is 1. The van der Waals surface area contributed by atoms with Gasteiger partial charge < -0.3 is 14.4 Å². The van der Waals surface area contributed by atoms with Gasteiger partial charge in [0.2, 0.25) is 10.0 Å². The lowest BCUT2D eigenvalue weighted by molar-refractivity contribution is -0.134. The van der Waals surface area contributed by atoms with Crippen molar-refractivity contribution in [1.82, 2.24) is 9.21 Å². The van der Waals surface area contributed by atoms with Gasteiger partial charge in [0, 0.05) is 26.2 Å². The topological polar surface area (TPSA) is 76.2 Å². The first-order valence-corrected chi connectivity index (χ1v) is 10.1. The van der Waals surface area contributed by atoms with E-state index >= 15 is 0 Å². The second kappa shape index (κ2) is 9.05. The molecule has 1 saturated heterocycles. The average molecular weight is 370 g/mol. The molecule has 0 aromatic heterocycles. The van der Waals surface area contributed by atoms with Crippen molar-refractivity contribution in [2.24, 2.45) is 0 Å². The van der Waals surface area contributed by atoms with Gasteiger partial charge in [0.15, 0.2) is 6.61 Å². The molecule has 0 spiro atoms. The zero-order valence-corrected chi connectivity index (χ0v) is 15.6. The zero-order chi connectivity index (χ0) is 18.3. The molecular weight excluding hydrogens is 344 g/mol. The van der Waals surface area contributed by atoms with Crippen LogP contribution in [0.5, 0.6) is 11.5 Å². The second-order valence-electron chi connectivity index (χ2n) is 5.91. The second-order valence-corrected chi connectivity index (χ2v) is 8.00. The third kappa shape index (κ3) is 5.61. The first-order chi connectivity index (χ1) is 12.0. The number of unbranched alkanes of at least 4 members (excludes halogenated alkanes) is 1. The van der Waals surface area contributed by atoms with Gasteiger partial charge in [-0.25, -0.2) is 8.42 Å². The van der Waals surface area contributed by atoms with Crippen LogP contribution < -0.4 is 9.47 Å². The summed E-state index contributed by atoms with van der Waals surface area (Å²) in [6, 6.07) is 7.01. The molecule has 25 heavy (non-hydrogen) atoms. The Morgan fingerprint density at radius 1 is 1.08 bits per heavy atom. The summed E-state index contributed by atoms with van der Waals surface area (Å²) in [5.74, 6) is 1.35. The highest BCUT2D eigenvalue weighted by molar-refractivity contribution is 7.89. The first kappa shape index (κ1) is 19.5. The molecule has 140 valence electrons. The minimum atomic E-state index is -3.20. The van der Waals surface area contributed by atoms with Crippen LogP contribution in [-0.2, 0) is 14.8 Å². The monoisotopic (exact) mass is 370 g/mol. The number of piperazine rings is 1. The summed E-state index contributed by atoms with van der Waals surface area (Å²) in [5.41, 5.74) is 0. The maximum absolute atomic E-state index is 12.2. The predicted octanol–water partition coefficient (Wildman–Crippen LogP) is 1.35. The number of hydrogen-bond donors (Lipinski definition) is 0. The van der Waals surface area contributed by atoms with E-state index < -0.39 is 10.0 Å². The Kier molecular flexibility index (Phi) is 7.07. The summed E-state index contributed by atoms with van der Waals surface area (Å²) in [6.07, 6.45) is 1.51. The van der Waals surface area contributed by atoms with Gasteiger partial charge in [-0.15, -0.1) is 0 Å². The number of amides is 1. The SMILES string of the molecule is CCCCS(=O)(=O)N1CCN(C(=O)COc2ccc(OC)cc2)CC1. The van der Waals surface area contributed by atoms with E-state index in [-0.39, 0.29) is 18.3 Å². The van der Waals surface area contributed by atoms with E-state index in [2.05, 4.69) is 0 Å². The summed E-state index contributed by atoms with van der Waals surface area (Å²) >= 11 is 0. The zero-order valence-electron chi connectivity index (χ0n) is 14.8. The summed E-state index contributed by atoms with van der Waals surface area (Å²) in [6.45, 7) is 3.40. The summed E-state index contributed by atoms with van der Waals surface area (Å²) in [7, 11) is -1.62. The normalized spacial score (nSPS) is 15.8. The lowest BCUT2D eigenvalue weighted by Crippen LogP contribution is -2.52. The van der Waals surface area contributed by atoms with Crippen LogP contribution in [0, 0.1) is 0 Å². The molecule has 2 rings (SSSR count). The molecule has 1 aromatic rings. The highest BCUT2D eigenvalue weighted by Gasteiger charge is 2.28. The third-order valence-corrected chi connectivity index (χ3v) is 6.12. The van der Waals surface area contributed by atoms with E-state index in [1.54, 1.807) is 36.3 Å². The van der Waals surface area contributed by atoms with Crippen molar-refractivity contribution in [3.63, 3.8) is 0 Å². The van der Waals surface area contributed by atoms with Crippen LogP contribution in [0.25, 0.3) is 0 Å². The number of carbonyl (C=O) groups excluding carboxylic acids is 1. The highest BCUT2D eigenvalue weighted by Crippen LogP contribution is 2.17. The van der Waals surface area contributed by atoms with Gasteiger partial charge >= 0.3 is 0 Å². The maximum atomic E-state index is 12.2. The van der Waals surface area contributed by atoms with Gasteiger partial charge in [-0.1, -0.05) is 13.3 Å². The Balaban J connectivity index is 1.78. The minimum absolute atomic E-state index is 0.0606. The molecule has 1 fully saturated rings. The molecule has 0 saturated carbocycles. The molecule has 1 aromatic carbocycles. The van der Waals surface area contributed by atoms with E-state index in [1.165, 1.54) is 4.31 Å². The van der Waals surface area contributed by atoms with Crippen molar-refractivity contribution in [1.29, 1.82) is 0 Å². The molecule has 0 bridgehead atoms. The minimum Gasteiger partial charge on any atom is -0.497 e. The van der Waals surface area contributed by atoms with Crippen LogP contribution >= 0.6 is 0 Å². The van der Waals surface area contributed by atoms with Gasteiger partial charge in [-0.2, -0.15) is 4.31 Å². The van der Waals surface area contributed by atoms with E-state index in [0.29, 0.717) is 38.3 Å². The number of rotatable bonds is 8. The Morgan fingerprint density at radius 3 is 2.24 bits per heavy atom. The fourth-order valence-electron chi connectivity index (χ4n) is 2.58. The standard InChI is InChI=1S/C17H26N2O5S/c1-3-4-13-25(21,22)19-11-9-18(10-12-19)17(20)14-24-16-7-5-15(23-2)6-8-16/h5-8H,3-4,9-14H2,1-2H3. The lowest BCUT2D eigenvalue weighted by Gasteiger charge is -2.34. The average Bonchev–Trinajstić information content (AvgIpc) is 2.65. The molecule has 8 heteroatoms. The molecule has 0 N–H and O–H groups in total. The van der Waals surface area contributed by atoms with Crippen molar-refractivity contribution in [2.45, 2.75) is 19.8 Å². The molecule has 1 amide bonds.